The molecule has 1 heterocycles. The molecule has 0 fully saturated rings. The summed E-state index contributed by atoms with van der Waals surface area (Å²) in [5.41, 5.74) is 1.37. The van der Waals surface area contributed by atoms with Crippen molar-refractivity contribution >= 4 is 40.4 Å². The molecule has 0 bridgehead atoms. The second-order valence-corrected chi connectivity index (χ2v) is 4.46. The third-order valence-electron chi connectivity index (χ3n) is 2.39. The summed E-state index contributed by atoms with van der Waals surface area (Å²) < 4.78 is 0. The van der Waals surface area contributed by atoms with E-state index in [0.717, 1.165) is 0 Å². The standard InChI is InChI=1S/C11H8Cl2N4O2/c1-6-4-7(17(18)19)2-3-9(6)15-10-8(12)5-14-11(13)16-10/h2-5H,1H3,(H,14,15,16). The monoisotopic (exact) mass is 298 g/mol. The summed E-state index contributed by atoms with van der Waals surface area (Å²) in [5, 5.41) is 14.0. The van der Waals surface area contributed by atoms with Gasteiger partial charge in [-0.2, -0.15) is 4.98 Å². The van der Waals surface area contributed by atoms with Crippen LogP contribution in [-0.2, 0) is 0 Å². The second kappa shape index (κ2) is 5.38. The van der Waals surface area contributed by atoms with E-state index in [1.807, 2.05) is 0 Å². The lowest BCUT2D eigenvalue weighted by Gasteiger charge is -2.09. The first-order chi connectivity index (χ1) is 8.97. The Morgan fingerprint density at radius 1 is 1.37 bits per heavy atom. The van der Waals surface area contributed by atoms with Gasteiger partial charge in [0, 0.05) is 17.8 Å². The van der Waals surface area contributed by atoms with Crippen molar-refractivity contribution in [1.82, 2.24) is 9.97 Å². The summed E-state index contributed by atoms with van der Waals surface area (Å²) in [4.78, 5) is 17.9. The first-order valence-electron chi connectivity index (χ1n) is 5.17. The van der Waals surface area contributed by atoms with Crippen LogP contribution in [0.4, 0.5) is 17.2 Å². The highest BCUT2D eigenvalue weighted by Gasteiger charge is 2.10. The van der Waals surface area contributed by atoms with Gasteiger partial charge in [-0.15, -0.1) is 0 Å². The third-order valence-corrected chi connectivity index (χ3v) is 2.85. The molecule has 6 nitrogen and oxygen atoms in total. The average molecular weight is 299 g/mol. The fourth-order valence-corrected chi connectivity index (χ4v) is 1.73. The number of halogens is 2. The Bertz CT molecular complexity index is 649. The highest BCUT2D eigenvalue weighted by Crippen LogP contribution is 2.27. The van der Waals surface area contributed by atoms with Gasteiger partial charge in [-0.3, -0.25) is 10.1 Å². The number of non-ortho nitro benzene ring substituents is 1. The van der Waals surface area contributed by atoms with Crippen molar-refractivity contribution in [2.45, 2.75) is 6.92 Å². The lowest BCUT2D eigenvalue weighted by Crippen LogP contribution is -1.99. The fraction of sp³-hybridized carbons (Fsp3) is 0.0909. The summed E-state index contributed by atoms with van der Waals surface area (Å²) in [5.74, 6) is 0.346. The average Bonchev–Trinajstić information content (AvgIpc) is 2.36. The number of nitro groups is 1. The Morgan fingerprint density at radius 3 is 2.74 bits per heavy atom. The molecule has 2 rings (SSSR count). The van der Waals surface area contributed by atoms with Gasteiger partial charge in [-0.1, -0.05) is 11.6 Å². The Morgan fingerprint density at radius 2 is 2.11 bits per heavy atom. The van der Waals surface area contributed by atoms with Crippen molar-refractivity contribution in [1.29, 1.82) is 0 Å². The molecule has 0 spiro atoms. The molecule has 0 aliphatic heterocycles. The SMILES string of the molecule is Cc1cc([N+](=O)[O-])ccc1Nc1nc(Cl)ncc1Cl. The van der Waals surface area contributed by atoms with Gasteiger partial charge in [0.25, 0.3) is 5.69 Å². The first kappa shape index (κ1) is 13.5. The molecular weight excluding hydrogens is 291 g/mol. The van der Waals surface area contributed by atoms with Crippen molar-refractivity contribution in [3.8, 4) is 0 Å². The van der Waals surface area contributed by atoms with Crippen LogP contribution in [0.25, 0.3) is 0 Å². The number of nitro benzene ring substituents is 1. The molecule has 0 saturated heterocycles. The van der Waals surface area contributed by atoms with Gasteiger partial charge >= 0.3 is 0 Å². The van der Waals surface area contributed by atoms with Crippen molar-refractivity contribution in [2.24, 2.45) is 0 Å². The molecule has 0 aliphatic rings. The van der Waals surface area contributed by atoms with Gasteiger partial charge < -0.3 is 5.32 Å². The topological polar surface area (TPSA) is 81.0 Å². The van der Waals surface area contributed by atoms with Crippen LogP contribution in [0.1, 0.15) is 5.56 Å². The molecule has 8 heteroatoms. The molecule has 98 valence electrons. The molecule has 0 radical (unpaired) electrons. The van der Waals surface area contributed by atoms with E-state index < -0.39 is 4.92 Å². The predicted octanol–water partition coefficient (Wildman–Crippen LogP) is 3.74. The highest BCUT2D eigenvalue weighted by atomic mass is 35.5. The van der Waals surface area contributed by atoms with Crippen molar-refractivity contribution in [3.63, 3.8) is 0 Å². The highest BCUT2D eigenvalue weighted by molar-refractivity contribution is 6.33. The van der Waals surface area contributed by atoms with E-state index >= 15 is 0 Å². The van der Waals surface area contributed by atoms with Crippen LogP contribution in [-0.4, -0.2) is 14.9 Å². The molecule has 0 saturated carbocycles. The van der Waals surface area contributed by atoms with E-state index in [1.165, 1.54) is 18.3 Å². The molecular formula is C11H8Cl2N4O2. The van der Waals surface area contributed by atoms with Crippen LogP contribution >= 0.6 is 23.2 Å². The minimum atomic E-state index is -0.453. The van der Waals surface area contributed by atoms with Crippen LogP contribution in [0.2, 0.25) is 10.3 Å². The van der Waals surface area contributed by atoms with Gasteiger partial charge in [0.1, 0.15) is 5.02 Å². The van der Waals surface area contributed by atoms with Crippen molar-refractivity contribution in [2.75, 3.05) is 5.32 Å². The molecule has 0 unspecified atom stereocenters. The molecule has 19 heavy (non-hydrogen) atoms. The number of nitrogens with zero attached hydrogens (tertiary/aromatic N) is 3. The summed E-state index contributed by atoms with van der Waals surface area (Å²) in [6.07, 6.45) is 1.37. The normalized spacial score (nSPS) is 10.3. The Labute approximate surface area is 118 Å². The molecule has 0 atom stereocenters. The second-order valence-electron chi connectivity index (χ2n) is 3.72. The number of aryl methyl sites for hydroxylation is 1. The first-order valence-corrected chi connectivity index (χ1v) is 5.93. The van der Waals surface area contributed by atoms with E-state index in [0.29, 0.717) is 22.1 Å². The van der Waals surface area contributed by atoms with Gasteiger partial charge in [-0.25, -0.2) is 4.98 Å². The van der Waals surface area contributed by atoms with Crippen LogP contribution in [0.5, 0.6) is 0 Å². The zero-order chi connectivity index (χ0) is 14.0. The van der Waals surface area contributed by atoms with E-state index in [2.05, 4.69) is 15.3 Å². The predicted molar refractivity (Wildman–Crippen MR) is 73.2 cm³/mol. The smallest absolute Gasteiger partial charge is 0.269 e. The van der Waals surface area contributed by atoms with E-state index in [-0.39, 0.29) is 11.0 Å². The molecule has 0 amide bonds. The van der Waals surface area contributed by atoms with E-state index in [1.54, 1.807) is 13.0 Å². The molecule has 0 aliphatic carbocycles. The van der Waals surface area contributed by atoms with E-state index in [4.69, 9.17) is 23.2 Å². The maximum atomic E-state index is 10.6. The maximum Gasteiger partial charge on any atom is 0.269 e. The number of hydrogen-bond donors (Lipinski definition) is 1. The number of aromatic nitrogens is 2. The summed E-state index contributed by atoms with van der Waals surface area (Å²) in [6, 6.07) is 4.44. The van der Waals surface area contributed by atoms with Gasteiger partial charge in [0.05, 0.1) is 11.1 Å². The number of anilines is 2. The minimum absolute atomic E-state index is 0.0230. The zero-order valence-electron chi connectivity index (χ0n) is 9.72. The van der Waals surface area contributed by atoms with Gasteiger partial charge in [-0.05, 0) is 30.2 Å². The van der Waals surface area contributed by atoms with Crippen LogP contribution in [0.3, 0.4) is 0 Å². The summed E-state index contributed by atoms with van der Waals surface area (Å²) in [6.45, 7) is 1.74. The lowest BCUT2D eigenvalue weighted by atomic mass is 10.2. The summed E-state index contributed by atoms with van der Waals surface area (Å²) in [7, 11) is 0. The number of rotatable bonds is 3. The molecule has 2 aromatic rings. The third kappa shape index (κ3) is 3.10. The van der Waals surface area contributed by atoms with Gasteiger partial charge in [0.2, 0.25) is 5.28 Å². The summed E-state index contributed by atoms with van der Waals surface area (Å²) >= 11 is 11.6. The van der Waals surface area contributed by atoms with Gasteiger partial charge in [0.15, 0.2) is 5.82 Å². The quantitative estimate of drug-likeness (QED) is 0.530. The number of benzene rings is 1. The lowest BCUT2D eigenvalue weighted by molar-refractivity contribution is -0.384. The Hall–Kier alpha value is -1.92. The van der Waals surface area contributed by atoms with E-state index in [9.17, 15) is 10.1 Å². The largest absolute Gasteiger partial charge is 0.339 e. The zero-order valence-corrected chi connectivity index (χ0v) is 11.2. The van der Waals surface area contributed by atoms with Crippen LogP contribution < -0.4 is 5.32 Å². The van der Waals surface area contributed by atoms with Crippen molar-refractivity contribution < 1.29 is 4.92 Å². The number of nitrogens with one attached hydrogen (secondary N) is 1. The molecule has 1 aromatic heterocycles. The van der Waals surface area contributed by atoms with Crippen LogP contribution in [0.15, 0.2) is 24.4 Å². The minimum Gasteiger partial charge on any atom is -0.339 e. The van der Waals surface area contributed by atoms with Crippen molar-refractivity contribution in [3.05, 3.63) is 50.4 Å². The Kier molecular flexibility index (Phi) is 3.82. The molecule has 1 N–H and O–H groups in total. The fourth-order valence-electron chi connectivity index (χ4n) is 1.46. The Balaban J connectivity index is 2.33. The molecule has 1 aromatic carbocycles. The number of hydrogen-bond acceptors (Lipinski definition) is 5. The maximum absolute atomic E-state index is 10.6. The van der Waals surface area contributed by atoms with Crippen LogP contribution in [0, 0.1) is 17.0 Å².